The van der Waals surface area contributed by atoms with Gasteiger partial charge in [-0.25, -0.2) is 4.98 Å². The molecule has 1 saturated heterocycles. The molecule has 1 aliphatic carbocycles. The smallest absolute Gasteiger partial charge is 0.251 e. The maximum absolute atomic E-state index is 12.2. The van der Waals surface area contributed by atoms with Gasteiger partial charge in [-0.15, -0.1) is 0 Å². The van der Waals surface area contributed by atoms with Crippen LogP contribution >= 0.6 is 11.8 Å². The van der Waals surface area contributed by atoms with Crippen LogP contribution in [0.1, 0.15) is 31.9 Å². The number of aromatic nitrogens is 2. The summed E-state index contributed by atoms with van der Waals surface area (Å²) in [4.78, 5) is 32.8. The number of carbonyl (C=O) groups excluding carboxylic acids is 1. The van der Waals surface area contributed by atoms with Crippen LogP contribution in [0.5, 0.6) is 0 Å². The molecule has 0 spiro atoms. The summed E-state index contributed by atoms with van der Waals surface area (Å²) >= 11 is 1.39. The summed E-state index contributed by atoms with van der Waals surface area (Å²) in [6.45, 7) is 2.81. The van der Waals surface area contributed by atoms with E-state index in [2.05, 4.69) is 9.97 Å². The number of likely N-dealkylation sites (tertiary alicyclic amines) is 1. The van der Waals surface area contributed by atoms with Gasteiger partial charge in [0, 0.05) is 24.3 Å². The molecule has 1 atom stereocenters. The predicted molar refractivity (Wildman–Crippen MR) is 73.2 cm³/mol. The number of aromatic amines is 1. The fourth-order valence-electron chi connectivity index (χ4n) is 2.39. The Bertz CT molecular complexity index is 553. The van der Waals surface area contributed by atoms with Crippen molar-refractivity contribution in [1.82, 2.24) is 14.9 Å². The molecule has 5 nitrogen and oxygen atoms in total. The van der Waals surface area contributed by atoms with Gasteiger partial charge in [0.25, 0.3) is 5.56 Å². The van der Waals surface area contributed by atoms with Gasteiger partial charge >= 0.3 is 0 Å². The zero-order valence-corrected chi connectivity index (χ0v) is 11.7. The van der Waals surface area contributed by atoms with Gasteiger partial charge < -0.3 is 9.88 Å². The van der Waals surface area contributed by atoms with E-state index in [1.165, 1.54) is 17.8 Å². The van der Waals surface area contributed by atoms with E-state index in [9.17, 15) is 9.59 Å². The Morgan fingerprint density at radius 2 is 2.21 bits per heavy atom. The molecule has 2 fully saturated rings. The minimum Gasteiger partial charge on any atom is -0.339 e. The van der Waals surface area contributed by atoms with Crippen LogP contribution in [0.15, 0.2) is 16.0 Å². The first-order valence-corrected chi connectivity index (χ1v) is 7.62. The number of thioether (sulfide) groups is 1. The maximum Gasteiger partial charge on any atom is 0.251 e. The van der Waals surface area contributed by atoms with Crippen LogP contribution in [-0.4, -0.2) is 38.6 Å². The third-order valence-corrected chi connectivity index (χ3v) is 4.71. The average Bonchev–Trinajstić information content (AvgIpc) is 3.16. The molecule has 0 radical (unpaired) electrons. The van der Waals surface area contributed by atoms with Crippen molar-refractivity contribution in [3.05, 3.63) is 22.1 Å². The lowest BCUT2D eigenvalue weighted by molar-refractivity contribution is -0.127. The molecule has 1 saturated carbocycles. The Balaban J connectivity index is 1.73. The van der Waals surface area contributed by atoms with Crippen molar-refractivity contribution in [3.8, 4) is 0 Å². The molecule has 0 aromatic carbocycles. The second kappa shape index (κ2) is 5.00. The van der Waals surface area contributed by atoms with Crippen LogP contribution in [-0.2, 0) is 11.2 Å². The summed E-state index contributed by atoms with van der Waals surface area (Å²) in [6, 6.07) is 1.99. The van der Waals surface area contributed by atoms with Crippen LogP contribution in [0.25, 0.3) is 0 Å². The van der Waals surface area contributed by atoms with Crippen molar-refractivity contribution in [2.45, 2.75) is 49.1 Å². The monoisotopic (exact) mass is 279 g/mol. The van der Waals surface area contributed by atoms with E-state index in [4.69, 9.17) is 0 Å². The number of hydrogen-bond donors (Lipinski definition) is 1. The Labute approximate surface area is 115 Å². The van der Waals surface area contributed by atoms with Gasteiger partial charge in [0.2, 0.25) is 5.91 Å². The first kappa shape index (κ1) is 12.7. The molecule has 2 heterocycles. The number of carbonyl (C=O) groups is 1. The van der Waals surface area contributed by atoms with Gasteiger partial charge in [-0.3, -0.25) is 9.59 Å². The third-order valence-electron chi connectivity index (χ3n) is 3.57. The SMILES string of the molecule is CCc1cc(=O)[nH]c(SC2CCN(C3CC3)C2=O)n1. The lowest BCUT2D eigenvalue weighted by Crippen LogP contribution is -2.30. The largest absolute Gasteiger partial charge is 0.339 e. The first-order valence-electron chi connectivity index (χ1n) is 6.74. The molecule has 6 heteroatoms. The number of amides is 1. The lowest BCUT2D eigenvalue weighted by atomic mass is 10.3. The summed E-state index contributed by atoms with van der Waals surface area (Å²) in [5.74, 6) is 0.206. The Morgan fingerprint density at radius 3 is 2.89 bits per heavy atom. The number of nitrogens with zero attached hydrogens (tertiary/aromatic N) is 2. The normalized spacial score (nSPS) is 23.1. The molecule has 1 unspecified atom stereocenters. The zero-order chi connectivity index (χ0) is 13.4. The van der Waals surface area contributed by atoms with Crippen molar-refractivity contribution < 1.29 is 4.79 Å². The minimum atomic E-state index is -0.140. The van der Waals surface area contributed by atoms with E-state index in [0.717, 1.165) is 37.9 Å². The summed E-state index contributed by atoms with van der Waals surface area (Å²) in [7, 11) is 0. The molecule has 2 aliphatic rings. The highest BCUT2D eigenvalue weighted by molar-refractivity contribution is 8.00. The van der Waals surface area contributed by atoms with E-state index in [-0.39, 0.29) is 16.7 Å². The van der Waals surface area contributed by atoms with Crippen LogP contribution in [0, 0.1) is 0 Å². The maximum atomic E-state index is 12.2. The minimum absolute atomic E-state index is 0.0872. The quantitative estimate of drug-likeness (QED) is 0.841. The molecule has 19 heavy (non-hydrogen) atoms. The summed E-state index contributed by atoms with van der Waals surface area (Å²) < 4.78 is 0. The molecule has 1 aliphatic heterocycles. The summed E-state index contributed by atoms with van der Waals surface area (Å²) in [5, 5.41) is 0.483. The van der Waals surface area contributed by atoms with Gasteiger partial charge in [-0.05, 0) is 25.7 Å². The highest BCUT2D eigenvalue weighted by Crippen LogP contribution is 2.35. The van der Waals surface area contributed by atoms with Gasteiger partial charge in [0.1, 0.15) is 0 Å². The summed E-state index contributed by atoms with van der Waals surface area (Å²) in [6.07, 6.45) is 3.86. The van der Waals surface area contributed by atoms with E-state index >= 15 is 0 Å². The fraction of sp³-hybridized carbons (Fsp3) is 0.615. The summed E-state index contributed by atoms with van der Waals surface area (Å²) in [5.41, 5.74) is 0.634. The second-order valence-electron chi connectivity index (χ2n) is 5.05. The van der Waals surface area contributed by atoms with E-state index in [0.29, 0.717) is 11.2 Å². The standard InChI is InChI=1S/C13H17N3O2S/c1-2-8-7-11(17)15-13(14-8)19-10-5-6-16(12(10)18)9-3-4-9/h7,9-10H,2-6H2,1H3,(H,14,15,17). The molecule has 0 bridgehead atoms. The second-order valence-corrected chi connectivity index (χ2v) is 6.24. The fourth-order valence-corrected chi connectivity index (χ4v) is 3.45. The molecule has 1 aromatic rings. The van der Waals surface area contributed by atoms with Crippen molar-refractivity contribution in [2.24, 2.45) is 0 Å². The Kier molecular flexibility index (Phi) is 3.35. The van der Waals surface area contributed by atoms with E-state index in [1.807, 2.05) is 11.8 Å². The van der Waals surface area contributed by atoms with Crippen molar-refractivity contribution in [2.75, 3.05) is 6.54 Å². The lowest BCUT2D eigenvalue weighted by Gasteiger charge is -2.15. The van der Waals surface area contributed by atoms with Gasteiger partial charge in [0.15, 0.2) is 5.16 Å². The van der Waals surface area contributed by atoms with Gasteiger partial charge in [-0.1, -0.05) is 18.7 Å². The van der Waals surface area contributed by atoms with Crippen LogP contribution in [0.4, 0.5) is 0 Å². The Morgan fingerprint density at radius 1 is 1.42 bits per heavy atom. The highest BCUT2D eigenvalue weighted by atomic mass is 32.2. The molecule has 102 valence electrons. The van der Waals surface area contributed by atoms with Crippen LogP contribution < -0.4 is 5.56 Å². The van der Waals surface area contributed by atoms with E-state index in [1.54, 1.807) is 0 Å². The number of hydrogen-bond acceptors (Lipinski definition) is 4. The van der Waals surface area contributed by atoms with Gasteiger partial charge in [0.05, 0.1) is 5.25 Å². The highest BCUT2D eigenvalue weighted by Gasteiger charge is 2.41. The average molecular weight is 279 g/mol. The molecule has 1 amide bonds. The first-order chi connectivity index (χ1) is 9.17. The topological polar surface area (TPSA) is 66.1 Å². The zero-order valence-electron chi connectivity index (χ0n) is 10.9. The number of H-pyrrole nitrogens is 1. The molecule has 3 rings (SSSR count). The van der Waals surface area contributed by atoms with Crippen LogP contribution in [0.3, 0.4) is 0 Å². The van der Waals surface area contributed by atoms with Crippen LogP contribution in [0.2, 0.25) is 0 Å². The number of nitrogens with one attached hydrogen (secondary N) is 1. The third kappa shape index (κ3) is 2.68. The number of aryl methyl sites for hydroxylation is 1. The van der Waals surface area contributed by atoms with E-state index < -0.39 is 0 Å². The van der Waals surface area contributed by atoms with Crippen molar-refractivity contribution in [1.29, 1.82) is 0 Å². The molecular formula is C13H17N3O2S. The predicted octanol–water partition coefficient (Wildman–Crippen LogP) is 1.19. The molecule has 1 N–H and O–H groups in total. The van der Waals surface area contributed by atoms with Crippen molar-refractivity contribution in [3.63, 3.8) is 0 Å². The molecular weight excluding hydrogens is 262 g/mol. The van der Waals surface area contributed by atoms with Crippen molar-refractivity contribution >= 4 is 17.7 Å². The number of rotatable bonds is 4. The molecule has 1 aromatic heterocycles. The Hall–Kier alpha value is -1.30. The van der Waals surface area contributed by atoms with Gasteiger partial charge in [-0.2, -0.15) is 0 Å².